The van der Waals surface area contributed by atoms with E-state index in [1.54, 1.807) is 0 Å². The molecule has 1 aromatic rings. The summed E-state index contributed by atoms with van der Waals surface area (Å²) in [5.74, 6) is 0.260. The molecule has 4 fully saturated rings. The maximum Gasteiger partial charge on any atom is 0.407 e. The monoisotopic (exact) mass is 576 g/mol. The number of nitrogens with one attached hydrogen (secondary N) is 1. The summed E-state index contributed by atoms with van der Waals surface area (Å²) >= 11 is 5.09. The molecule has 0 unspecified atom stereocenters. The van der Waals surface area contributed by atoms with Crippen molar-refractivity contribution in [1.29, 1.82) is 0 Å². The van der Waals surface area contributed by atoms with Crippen molar-refractivity contribution in [2.24, 2.45) is 17.6 Å². The molecule has 0 aromatic heterocycles. The first-order valence-electron chi connectivity index (χ1n) is 12.2. The molecular weight excluding hydrogens is 532 g/mol. The number of hydrogen-bond acceptors (Lipinski definition) is 10. The van der Waals surface area contributed by atoms with E-state index in [1.165, 1.54) is 0 Å². The van der Waals surface area contributed by atoms with E-state index < -0.39 is 23.7 Å². The molecule has 4 N–H and O–H groups in total. The van der Waals surface area contributed by atoms with Crippen LogP contribution in [0.3, 0.4) is 0 Å². The van der Waals surface area contributed by atoms with E-state index >= 15 is 0 Å². The fourth-order valence-corrected chi connectivity index (χ4v) is 4.97. The standard InChI is InChI=1S/C17H24N2O5.C7H9ClO4.3CH4/c18-9-14(20)13(8-11-4-2-1-3-5-11)19-17(21)24-15-10-23-16-12(15)6-7-22-16;8-7(9)12-5-3-11-6-4(5)1-2-10-6;;;/h1-5,12-16,20H,6-10,18H2,(H,19,21);4-6H,1-3H2;3*1H4/t12-,13-,14+,15-,16+;4-,5-,6+;;;/m00.../s1. The Bertz CT molecular complexity index is 865. The Balaban J connectivity index is 0.000000432. The zero-order chi connectivity index (χ0) is 25.5. The van der Waals surface area contributed by atoms with Crippen LogP contribution in [0.25, 0.3) is 0 Å². The highest BCUT2D eigenvalue weighted by molar-refractivity contribution is 6.61. The molecule has 4 aliphatic heterocycles. The topological polar surface area (TPSA) is 148 Å². The van der Waals surface area contributed by atoms with Gasteiger partial charge in [-0.3, -0.25) is 0 Å². The Morgan fingerprint density at radius 3 is 2.00 bits per heavy atom. The summed E-state index contributed by atoms with van der Waals surface area (Å²) in [6.45, 7) is 2.09. The first kappa shape index (κ1) is 35.0. The molecule has 1 aromatic carbocycles. The molecule has 4 aliphatic rings. The number of benzene rings is 1. The lowest BCUT2D eigenvalue weighted by molar-refractivity contribution is -0.0909. The third-order valence-electron chi connectivity index (χ3n) is 6.78. The van der Waals surface area contributed by atoms with Crippen molar-refractivity contribution in [1.82, 2.24) is 5.32 Å². The predicted octanol–water partition coefficient (Wildman–Crippen LogP) is 3.44. The maximum absolute atomic E-state index is 12.2. The number of carbonyl (C=O) groups excluding carboxylic acids is 2. The van der Waals surface area contributed by atoms with Crippen molar-refractivity contribution in [3.05, 3.63) is 35.9 Å². The second-order valence-corrected chi connectivity index (χ2v) is 9.44. The van der Waals surface area contributed by atoms with Crippen molar-refractivity contribution in [2.45, 2.75) is 78.5 Å². The SMILES string of the molecule is C.C.C.NC[C@@H](O)[C@H](Cc1ccccc1)NC(=O)O[C@H]1CO[C@H]2OCC[C@H]21.O=C(Cl)O[C@H]1CO[C@H]2OCC[C@H]21. The molecule has 0 aliphatic carbocycles. The van der Waals surface area contributed by atoms with Crippen LogP contribution in [0.15, 0.2) is 30.3 Å². The molecule has 0 spiro atoms. The molecule has 5 rings (SSSR count). The van der Waals surface area contributed by atoms with Crippen LogP contribution in [0.5, 0.6) is 0 Å². The lowest BCUT2D eigenvalue weighted by Gasteiger charge is -2.24. The summed E-state index contributed by atoms with van der Waals surface area (Å²) in [6, 6.07) is 9.11. The van der Waals surface area contributed by atoms with Crippen LogP contribution >= 0.6 is 11.6 Å². The minimum Gasteiger partial charge on any atom is -0.447 e. The van der Waals surface area contributed by atoms with Gasteiger partial charge in [0.1, 0.15) is 12.2 Å². The Labute approximate surface area is 236 Å². The molecule has 39 heavy (non-hydrogen) atoms. The van der Waals surface area contributed by atoms with Gasteiger partial charge in [-0.1, -0.05) is 52.6 Å². The average Bonchev–Trinajstić information content (AvgIpc) is 3.64. The number of aliphatic hydroxyl groups is 1. The lowest BCUT2D eigenvalue weighted by atomic mass is 10.0. The van der Waals surface area contributed by atoms with E-state index in [9.17, 15) is 14.7 Å². The van der Waals surface area contributed by atoms with Gasteiger partial charge in [0.2, 0.25) is 0 Å². The van der Waals surface area contributed by atoms with Gasteiger partial charge in [0.05, 0.1) is 50.4 Å². The first-order valence-corrected chi connectivity index (χ1v) is 12.5. The fourth-order valence-electron chi connectivity index (χ4n) is 4.85. The number of amides is 1. The van der Waals surface area contributed by atoms with E-state index in [-0.39, 0.29) is 65.4 Å². The van der Waals surface area contributed by atoms with Gasteiger partial charge >= 0.3 is 11.5 Å². The van der Waals surface area contributed by atoms with Gasteiger partial charge in [0.15, 0.2) is 12.6 Å². The van der Waals surface area contributed by atoms with E-state index in [0.717, 1.165) is 18.4 Å². The Hall–Kier alpha value is -1.99. The highest BCUT2D eigenvalue weighted by atomic mass is 35.5. The molecular formula is C27H45ClN2O9. The van der Waals surface area contributed by atoms with E-state index in [4.69, 9.17) is 45.8 Å². The second kappa shape index (κ2) is 17.0. The average molecular weight is 577 g/mol. The van der Waals surface area contributed by atoms with Crippen LogP contribution in [0.4, 0.5) is 9.59 Å². The van der Waals surface area contributed by atoms with Crippen molar-refractivity contribution >= 4 is 23.1 Å². The molecule has 4 saturated heterocycles. The van der Waals surface area contributed by atoms with Gasteiger partial charge in [-0.2, -0.15) is 0 Å². The molecule has 0 radical (unpaired) electrons. The Morgan fingerprint density at radius 1 is 0.949 bits per heavy atom. The molecule has 8 atom stereocenters. The van der Waals surface area contributed by atoms with Crippen LogP contribution < -0.4 is 11.1 Å². The number of fused-ring (bicyclic) bond motifs is 2. The summed E-state index contributed by atoms with van der Waals surface area (Å²) in [5, 5.41) is 12.8. The summed E-state index contributed by atoms with van der Waals surface area (Å²) in [7, 11) is 0. The van der Waals surface area contributed by atoms with Gasteiger partial charge in [-0.15, -0.1) is 0 Å². The number of ether oxygens (including phenoxy) is 6. The summed E-state index contributed by atoms with van der Waals surface area (Å²) in [4.78, 5) is 22.7. The molecule has 4 heterocycles. The van der Waals surface area contributed by atoms with Gasteiger partial charge in [-0.05, 0) is 24.8 Å². The quantitative estimate of drug-likeness (QED) is 0.412. The third-order valence-corrected chi connectivity index (χ3v) is 6.87. The van der Waals surface area contributed by atoms with E-state index in [2.05, 4.69) is 5.32 Å². The number of aliphatic hydroxyl groups excluding tert-OH is 1. The summed E-state index contributed by atoms with van der Waals surface area (Å²) in [5.41, 5.74) is 5.79. The van der Waals surface area contributed by atoms with Crippen molar-refractivity contribution in [3.63, 3.8) is 0 Å². The number of carbonyl (C=O) groups is 2. The number of hydrogen-bond donors (Lipinski definition) is 3. The van der Waals surface area contributed by atoms with Gasteiger partial charge in [0, 0.05) is 18.1 Å². The van der Waals surface area contributed by atoms with Crippen LogP contribution in [-0.4, -0.2) is 86.5 Å². The molecule has 0 saturated carbocycles. The zero-order valence-corrected chi connectivity index (χ0v) is 20.6. The third kappa shape index (κ3) is 9.56. The van der Waals surface area contributed by atoms with Gasteiger partial charge < -0.3 is 44.6 Å². The minimum atomic E-state index is -0.847. The van der Waals surface area contributed by atoms with Crippen molar-refractivity contribution in [2.75, 3.05) is 33.0 Å². The second-order valence-electron chi connectivity index (χ2n) is 9.13. The minimum absolute atomic E-state index is 0. The van der Waals surface area contributed by atoms with Crippen molar-refractivity contribution < 1.29 is 43.1 Å². The Kier molecular flexibility index (Phi) is 15.2. The highest BCUT2D eigenvalue weighted by Gasteiger charge is 2.44. The Morgan fingerprint density at radius 2 is 1.49 bits per heavy atom. The molecule has 11 nitrogen and oxygen atoms in total. The largest absolute Gasteiger partial charge is 0.447 e. The van der Waals surface area contributed by atoms with Crippen LogP contribution in [0.2, 0.25) is 0 Å². The van der Waals surface area contributed by atoms with Crippen LogP contribution in [0, 0.1) is 11.8 Å². The van der Waals surface area contributed by atoms with Crippen LogP contribution in [0.1, 0.15) is 40.7 Å². The molecule has 12 heteroatoms. The smallest absolute Gasteiger partial charge is 0.407 e. The summed E-state index contributed by atoms with van der Waals surface area (Å²) in [6.07, 6.45) is -0.230. The molecule has 1 amide bonds. The van der Waals surface area contributed by atoms with Gasteiger partial charge in [0.25, 0.3) is 0 Å². The maximum atomic E-state index is 12.2. The van der Waals surface area contributed by atoms with Crippen LogP contribution in [-0.2, 0) is 34.8 Å². The molecule has 0 bridgehead atoms. The number of rotatable bonds is 7. The molecule has 224 valence electrons. The van der Waals surface area contributed by atoms with Gasteiger partial charge in [-0.25, -0.2) is 9.59 Å². The number of nitrogens with two attached hydrogens (primary N) is 1. The van der Waals surface area contributed by atoms with E-state index in [0.29, 0.717) is 32.8 Å². The lowest BCUT2D eigenvalue weighted by Crippen LogP contribution is -2.49. The fraction of sp³-hybridized carbons (Fsp3) is 0.704. The van der Waals surface area contributed by atoms with Crippen molar-refractivity contribution in [3.8, 4) is 0 Å². The highest BCUT2D eigenvalue weighted by Crippen LogP contribution is 2.34. The normalized spacial score (nSPS) is 29.5. The first-order chi connectivity index (χ1) is 17.4. The summed E-state index contributed by atoms with van der Waals surface area (Å²) < 4.78 is 31.7. The predicted molar refractivity (Wildman–Crippen MR) is 146 cm³/mol. The number of halogens is 1. The zero-order valence-electron chi connectivity index (χ0n) is 19.8. The number of alkyl carbamates (subject to hydrolysis) is 1. The van der Waals surface area contributed by atoms with E-state index in [1.807, 2.05) is 30.3 Å².